The van der Waals surface area contributed by atoms with E-state index in [1.54, 1.807) is 4.90 Å². The summed E-state index contributed by atoms with van der Waals surface area (Å²) in [6.45, 7) is 5.98. The van der Waals surface area contributed by atoms with Gasteiger partial charge in [0, 0.05) is 30.3 Å². The Bertz CT molecular complexity index is 1000. The summed E-state index contributed by atoms with van der Waals surface area (Å²) in [5, 5.41) is 0. The molecule has 1 fully saturated rings. The second kappa shape index (κ2) is 9.36. The van der Waals surface area contributed by atoms with Crippen molar-refractivity contribution in [1.82, 2.24) is 14.6 Å². The van der Waals surface area contributed by atoms with E-state index in [0.717, 1.165) is 23.2 Å². The summed E-state index contributed by atoms with van der Waals surface area (Å²) in [6.07, 6.45) is 2.48. The lowest BCUT2D eigenvalue weighted by atomic mass is 9.93. The van der Waals surface area contributed by atoms with Gasteiger partial charge in [-0.3, -0.25) is 4.98 Å². The predicted molar refractivity (Wildman–Crippen MR) is 121 cm³/mol. The normalized spacial score (nSPS) is 19.8. The molecular weight excluding hydrogens is 414 g/mol. The van der Waals surface area contributed by atoms with Gasteiger partial charge < -0.3 is 9.64 Å². The highest BCUT2D eigenvalue weighted by Crippen LogP contribution is 2.25. The van der Waals surface area contributed by atoms with Crippen LogP contribution in [0.25, 0.3) is 11.3 Å². The highest BCUT2D eigenvalue weighted by molar-refractivity contribution is 7.88. The summed E-state index contributed by atoms with van der Waals surface area (Å²) >= 11 is 0. The van der Waals surface area contributed by atoms with Gasteiger partial charge in [-0.05, 0) is 45.7 Å². The van der Waals surface area contributed by atoms with E-state index < -0.39 is 33.8 Å². The number of pyridine rings is 1. The smallest absolute Gasteiger partial charge is 0.410 e. The zero-order valence-electron chi connectivity index (χ0n) is 18.5. The van der Waals surface area contributed by atoms with Crippen molar-refractivity contribution < 1.29 is 17.9 Å². The number of rotatable bonds is 5. The number of hydrogen-bond acceptors (Lipinski definition) is 5. The van der Waals surface area contributed by atoms with E-state index in [2.05, 4.69) is 4.72 Å². The largest absolute Gasteiger partial charge is 0.444 e. The van der Waals surface area contributed by atoms with Crippen molar-refractivity contribution in [3.05, 3.63) is 54.2 Å². The maximum absolute atomic E-state index is 12.9. The molecule has 0 spiro atoms. The number of nitrogens with zero attached hydrogens (tertiary/aromatic N) is 2. The average molecular weight is 446 g/mol. The molecule has 1 aromatic heterocycles. The maximum atomic E-state index is 12.9. The molecule has 1 N–H and O–H groups in total. The standard InChI is InChI=1S/C23H31N3O4S/c1-23(2,3)30-22(27)26-15-9-14-20(25-31(4,28)29)21(26)16-18-12-8-13-19(24-18)17-10-6-5-7-11-17/h5-8,10-13,20-21,25H,9,14-16H2,1-4H3/t20-,21-/m1/s1. The van der Waals surface area contributed by atoms with Crippen molar-refractivity contribution in [3.8, 4) is 11.3 Å². The first-order valence-corrected chi connectivity index (χ1v) is 12.4. The summed E-state index contributed by atoms with van der Waals surface area (Å²) in [7, 11) is -3.43. The minimum Gasteiger partial charge on any atom is -0.444 e. The molecule has 0 aliphatic carbocycles. The monoisotopic (exact) mass is 445 g/mol. The first-order chi connectivity index (χ1) is 14.5. The van der Waals surface area contributed by atoms with Gasteiger partial charge in [-0.1, -0.05) is 36.4 Å². The molecule has 168 valence electrons. The molecule has 7 nitrogen and oxygen atoms in total. The first-order valence-electron chi connectivity index (χ1n) is 10.5. The van der Waals surface area contributed by atoms with E-state index >= 15 is 0 Å². The molecule has 2 atom stereocenters. The van der Waals surface area contributed by atoms with Gasteiger partial charge in [0.25, 0.3) is 0 Å². The molecule has 2 aromatic rings. The molecule has 0 saturated carbocycles. The lowest BCUT2D eigenvalue weighted by molar-refractivity contribution is 0.00581. The van der Waals surface area contributed by atoms with Gasteiger partial charge in [0.2, 0.25) is 10.0 Å². The van der Waals surface area contributed by atoms with Crippen LogP contribution in [0.4, 0.5) is 4.79 Å². The van der Waals surface area contributed by atoms with E-state index in [4.69, 9.17) is 9.72 Å². The van der Waals surface area contributed by atoms with Crippen LogP contribution in [-0.4, -0.2) is 54.9 Å². The summed E-state index contributed by atoms with van der Waals surface area (Å²) in [6, 6.07) is 14.8. The summed E-state index contributed by atoms with van der Waals surface area (Å²) in [4.78, 5) is 19.3. The third-order valence-corrected chi connectivity index (χ3v) is 5.80. The first kappa shape index (κ1) is 23.2. The molecule has 1 aromatic carbocycles. The third-order valence-electron chi connectivity index (χ3n) is 5.07. The fourth-order valence-electron chi connectivity index (χ4n) is 3.85. The highest BCUT2D eigenvalue weighted by Gasteiger charge is 2.38. The Labute approximate surface area is 184 Å². The number of nitrogens with one attached hydrogen (secondary N) is 1. The Hall–Kier alpha value is -2.45. The molecular formula is C23H31N3O4S. The second-order valence-electron chi connectivity index (χ2n) is 8.96. The van der Waals surface area contributed by atoms with Gasteiger partial charge in [0.05, 0.1) is 18.0 Å². The Morgan fingerprint density at radius 1 is 1.16 bits per heavy atom. The third kappa shape index (κ3) is 6.77. The van der Waals surface area contributed by atoms with E-state index in [0.29, 0.717) is 25.8 Å². The van der Waals surface area contributed by atoms with Crippen molar-refractivity contribution in [2.75, 3.05) is 12.8 Å². The lowest BCUT2D eigenvalue weighted by Crippen LogP contribution is -2.58. The molecule has 1 aliphatic rings. The number of hydrogen-bond donors (Lipinski definition) is 1. The van der Waals surface area contributed by atoms with Crippen LogP contribution in [0.15, 0.2) is 48.5 Å². The van der Waals surface area contributed by atoms with Crippen molar-refractivity contribution in [2.45, 2.75) is 57.7 Å². The van der Waals surface area contributed by atoms with Gasteiger partial charge in [-0.15, -0.1) is 0 Å². The van der Waals surface area contributed by atoms with Crippen LogP contribution in [0, 0.1) is 0 Å². The van der Waals surface area contributed by atoms with Crippen LogP contribution in [0.5, 0.6) is 0 Å². The van der Waals surface area contributed by atoms with Gasteiger partial charge in [0.1, 0.15) is 5.60 Å². The summed E-state index contributed by atoms with van der Waals surface area (Å²) < 4.78 is 32.3. The molecule has 31 heavy (non-hydrogen) atoms. The number of aromatic nitrogens is 1. The van der Waals surface area contributed by atoms with Crippen molar-refractivity contribution in [1.29, 1.82) is 0 Å². The molecule has 0 radical (unpaired) electrons. The second-order valence-corrected chi connectivity index (χ2v) is 10.7. The topological polar surface area (TPSA) is 88.6 Å². The van der Waals surface area contributed by atoms with Crippen LogP contribution in [0.2, 0.25) is 0 Å². The fourth-order valence-corrected chi connectivity index (χ4v) is 4.67. The number of sulfonamides is 1. The van der Waals surface area contributed by atoms with Crippen LogP contribution >= 0.6 is 0 Å². The number of carbonyl (C=O) groups is 1. The van der Waals surface area contributed by atoms with Crippen molar-refractivity contribution in [2.24, 2.45) is 0 Å². The minimum atomic E-state index is -3.43. The molecule has 8 heteroatoms. The number of piperidine rings is 1. The van der Waals surface area contributed by atoms with Crippen LogP contribution in [0.1, 0.15) is 39.3 Å². The van der Waals surface area contributed by atoms with Gasteiger partial charge >= 0.3 is 6.09 Å². The number of benzene rings is 1. The molecule has 1 amide bonds. The molecule has 3 rings (SSSR count). The quantitative estimate of drug-likeness (QED) is 0.760. The van der Waals surface area contributed by atoms with E-state index in [9.17, 15) is 13.2 Å². The number of ether oxygens (including phenoxy) is 1. The van der Waals surface area contributed by atoms with E-state index in [1.165, 1.54) is 0 Å². The van der Waals surface area contributed by atoms with E-state index in [-0.39, 0.29) is 0 Å². The Morgan fingerprint density at radius 2 is 1.87 bits per heavy atom. The Kier molecular flexibility index (Phi) is 7.01. The van der Waals surface area contributed by atoms with Crippen LogP contribution in [0.3, 0.4) is 0 Å². The number of amides is 1. The highest BCUT2D eigenvalue weighted by atomic mass is 32.2. The van der Waals surface area contributed by atoms with Crippen LogP contribution < -0.4 is 4.72 Å². The molecule has 0 bridgehead atoms. The number of likely N-dealkylation sites (tertiary alicyclic amines) is 1. The van der Waals surface area contributed by atoms with Gasteiger partial charge in [-0.25, -0.2) is 17.9 Å². The van der Waals surface area contributed by atoms with E-state index in [1.807, 2.05) is 69.3 Å². The maximum Gasteiger partial charge on any atom is 0.410 e. The zero-order chi connectivity index (χ0) is 22.6. The van der Waals surface area contributed by atoms with Crippen molar-refractivity contribution in [3.63, 3.8) is 0 Å². The fraction of sp³-hybridized carbons (Fsp3) is 0.478. The van der Waals surface area contributed by atoms with Crippen molar-refractivity contribution >= 4 is 16.1 Å². The molecule has 1 saturated heterocycles. The zero-order valence-corrected chi connectivity index (χ0v) is 19.4. The lowest BCUT2D eigenvalue weighted by Gasteiger charge is -2.41. The van der Waals surface area contributed by atoms with Crippen LogP contribution in [-0.2, 0) is 21.2 Å². The molecule has 1 aliphatic heterocycles. The summed E-state index contributed by atoms with van der Waals surface area (Å²) in [5.74, 6) is 0. The predicted octanol–water partition coefficient (Wildman–Crippen LogP) is 3.61. The van der Waals surface area contributed by atoms with Gasteiger partial charge in [0.15, 0.2) is 0 Å². The molecule has 2 heterocycles. The average Bonchev–Trinajstić information content (AvgIpc) is 2.68. The Balaban J connectivity index is 1.90. The summed E-state index contributed by atoms with van der Waals surface area (Å²) in [5.41, 5.74) is 2.00. The minimum absolute atomic E-state index is 0.392. The number of carbonyl (C=O) groups excluding carboxylic acids is 1. The molecule has 0 unspecified atom stereocenters. The Morgan fingerprint density at radius 3 is 2.52 bits per heavy atom. The van der Waals surface area contributed by atoms with Gasteiger partial charge in [-0.2, -0.15) is 0 Å². The SMILES string of the molecule is CC(C)(C)OC(=O)N1CCC[C@@H](NS(C)(=O)=O)[C@H]1Cc1cccc(-c2ccccc2)n1.